The molecule has 2 saturated heterocycles. The van der Waals surface area contributed by atoms with Gasteiger partial charge in [0, 0.05) is 5.56 Å². The number of thioether (sulfide) groups is 1. The van der Waals surface area contributed by atoms with Gasteiger partial charge in [-0.25, -0.2) is 14.3 Å². The fourth-order valence-electron chi connectivity index (χ4n) is 3.90. The van der Waals surface area contributed by atoms with Crippen molar-refractivity contribution in [1.82, 2.24) is 19.9 Å². The second-order valence-corrected chi connectivity index (χ2v) is 8.87. The number of amides is 1. The molecule has 0 bridgehead atoms. The van der Waals surface area contributed by atoms with Crippen LogP contribution in [0.5, 0.6) is 0 Å². The van der Waals surface area contributed by atoms with Crippen LogP contribution in [0.25, 0.3) is 11.3 Å². The molecule has 3 atom stereocenters. The number of ether oxygens (including phenoxy) is 1. The lowest BCUT2D eigenvalue weighted by Crippen LogP contribution is -2.58. The number of carboxylic acid groups (broad SMARTS) is 1. The first kappa shape index (κ1) is 19.4. The molecule has 152 valence electrons. The topological polar surface area (TPSA) is 115 Å². The highest BCUT2D eigenvalue weighted by molar-refractivity contribution is 8.01. The van der Waals surface area contributed by atoms with E-state index in [1.807, 2.05) is 30.3 Å². The number of fused-ring (bicyclic) bond motifs is 1. The number of rotatable bonds is 6. The summed E-state index contributed by atoms with van der Waals surface area (Å²) in [6.07, 6.45) is 0.321. The molecule has 0 spiro atoms. The number of carbonyl (C=O) groups excluding carboxylic acids is 2. The Kier molecular flexibility index (Phi) is 4.81. The molecule has 1 aromatic carbocycles. The van der Waals surface area contributed by atoms with Gasteiger partial charge in [-0.15, -0.1) is 16.9 Å². The van der Waals surface area contributed by atoms with E-state index in [0.29, 0.717) is 17.7 Å². The smallest absolute Gasteiger partial charge is 0.358 e. The number of aromatic nitrogens is 3. The van der Waals surface area contributed by atoms with Crippen molar-refractivity contribution in [3.05, 3.63) is 36.0 Å². The lowest BCUT2D eigenvalue weighted by Gasteiger charge is -2.36. The van der Waals surface area contributed by atoms with Crippen LogP contribution in [-0.2, 0) is 20.9 Å². The Morgan fingerprint density at radius 3 is 2.69 bits per heavy atom. The van der Waals surface area contributed by atoms with Gasteiger partial charge < -0.3 is 14.7 Å². The predicted molar refractivity (Wildman–Crippen MR) is 104 cm³/mol. The summed E-state index contributed by atoms with van der Waals surface area (Å²) in [5, 5.41) is 17.9. The summed E-state index contributed by atoms with van der Waals surface area (Å²) in [6.45, 7) is 3.77. The largest absolute Gasteiger partial charge is 0.480 e. The van der Waals surface area contributed by atoms with Crippen molar-refractivity contribution in [2.24, 2.45) is 0 Å². The van der Waals surface area contributed by atoms with E-state index >= 15 is 0 Å². The SMILES string of the molecule is CCOC(=O)c1c(-c2ccccc2)nnn1C[C@]1(C)S[C@@H]2CC(=O)N2[C@H]1C(=O)O. The van der Waals surface area contributed by atoms with Gasteiger partial charge in [0.1, 0.15) is 11.7 Å². The number of hydrogen-bond donors (Lipinski definition) is 1. The minimum absolute atomic E-state index is 0.100. The number of carbonyl (C=O) groups is 3. The lowest BCUT2D eigenvalue weighted by molar-refractivity contribution is -0.157. The van der Waals surface area contributed by atoms with E-state index in [2.05, 4.69) is 10.3 Å². The molecule has 0 radical (unpaired) electrons. The third-order valence-corrected chi connectivity index (χ3v) is 6.71. The van der Waals surface area contributed by atoms with E-state index in [9.17, 15) is 19.5 Å². The van der Waals surface area contributed by atoms with Gasteiger partial charge in [0.25, 0.3) is 0 Å². The van der Waals surface area contributed by atoms with E-state index in [1.54, 1.807) is 13.8 Å². The maximum Gasteiger partial charge on any atom is 0.358 e. The molecule has 3 heterocycles. The van der Waals surface area contributed by atoms with Crippen LogP contribution < -0.4 is 0 Å². The molecule has 2 fully saturated rings. The molecule has 1 N–H and O–H groups in total. The van der Waals surface area contributed by atoms with E-state index in [1.165, 1.54) is 21.3 Å². The summed E-state index contributed by atoms with van der Waals surface area (Å²) < 4.78 is 5.74. The number of β-lactam (4-membered cyclic amide) rings is 1. The summed E-state index contributed by atoms with van der Waals surface area (Å²) in [5.74, 6) is -1.82. The van der Waals surface area contributed by atoms with E-state index < -0.39 is 22.7 Å². The summed E-state index contributed by atoms with van der Waals surface area (Å²) >= 11 is 1.42. The van der Waals surface area contributed by atoms with Gasteiger partial charge in [0.05, 0.1) is 29.7 Å². The second-order valence-electron chi connectivity index (χ2n) is 7.16. The number of nitrogens with zero attached hydrogens (tertiary/aromatic N) is 4. The Bertz CT molecular complexity index is 978. The minimum Gasteiger partial charge on any atom is -0.480 e. The third-order valence-electron chi connectivity index (χ3n) is 5.16. The summed E-state index contributed by atoms with van der Waals surface area (Å²) in [5.41, 5.74) is 1.26. The Morgan fingerprint density at radius 2 is 2.07 bits per heavy atom. The average Bonchev–Trinajstić information content (AvgIpc) is 3.19. The van der Waals surface area contributed by atoms with Gasteiger partial charge in [0.15, 0.2) is 5.69 Å². The van der Waals surface area contributed by atoms with Gasteiger partial charge in [-0.3, -0.25) is 4.79 Å². The molecule has 4 rings (SSSR count). The molecule has 1 aromatic heterocycles. The second kappa shape index (κ2) is 7.18. The number of aliphatic carboxylic acids is 1. The standard InChI is InChI=1S/C19H20N4O5S/c1-3-28-18(27)15-14(11-7-5-4-6-8-11)20-21-22(15)10-19(2)16(17(25)26)23-12(24)9-13(23)29-19/h4-8,13,16H,3,9-10H2,1-2H3,(H,25,26)/t13-,16+,19+/m1/s1. The Hall–Kier alpha value is -2.88. The quantitative estimate of drug-likeness (QED) is 0.558. The molecule has 2 aliphatic rings. The van der Waals surface area contributed by atoms with Gasteiger partial charge in [-0.05, 0) is 13.8 Å². The zero-order valence-corrected chi connectivity index (χ0v) is 16.8. The highest BCUT2D eigenvalue weighted by atomic mass is 32.2. The zero-order valence-electron chi connectivity index (χ0n) is 15.9. The van der Waals surface area contributed by atoms with Crippen molar-refractivity contribution in [3.63, 3.8) is 0 Å². The van der Waals surface area contributed by atoms with E-state index in [-0.39, 0.29) is 30.1 Å². The van der Waals surface area contributed by atoms with Crippen molar-refractivity contribution >= 4 is 29.6 Å². The normalized spacial score (nSPS) is 25.4. The summed E-state index contributed by atoms with van der Waals surface area (Å²) in [7, 11) is 0. The van der Waals surface area contributed by atoms with Crippen molar-refractivity contribution < 1.29 is 24.2 Å². The fourth-order valence-corrected chi connectivity index (χ4v) is 5.64. The van der Waals surface area contributed by atoms with Crippen molar-refractivity contribution in [3.8, 4) is 11.3 Å². The van der Waals surface area contributed by atoms with Gasteiger partial charge in [-0.1, -0.05) is 35.5 Å². The highest BCUT2D eigenvalue weighted by Gasteiger charge is 2.61. The first-order chi connectivity index (χ1) is 13.9. The Labute approximate surface area is 171 Å². The molecule has 0 aliphatic carbocycles. The van der Waals surface area contributed by atoms with Gasteiger partial charge in [-0.2, -0.15) is 0 Å². The molecule has 1 amide bonds. The van der Waals surface area contributed by atoms with Crippen molar-refractivity contribution in [2.75, 3.05) is 6.61 Å². The monoisotopic (exact) mass is 416 g/mol. The molecule has 2 aliphatic heterocycles. The van der Waals surface area contributed by atoms with Crippen LogP contribution in [0.3, 0.4) is 0 Å². The zero-order chi connectivity index (χ0) is 20.8. The number of benzene rings is 1. The molecule has 9 nitrogen and oxygen atoms in total. The minimum atomic E-state index is -1.07. The number of esters is 1. The van der Waals surface area contributed by atoms with Crippen LogP contribution in [0.15, 0.2) is 30.3 Å². The lowest BCUT2D eigenvalue weighted by atomic mass is 9.96. The molecule has 10 heteroatoms. The molecular weight excluding hydrogens is 396 g/mol. The van der Waals surface area contributed by atoms with Crippen LogP contribution in [-0.4, -0.2) is 65.6 Å². The van der Waals surface area contributed by atoms with Crippen molar-refractivity contribution in [2.45, 2.75) is 43.0 Å². The van der Waals surface area contributed by atoms with Crippen LogP contribution >= 0.6 is 11.8 Å². The van der Waals surface area contributed by atoms with Crippen LogP contribution in [0.4, 0.5) is 0 Å². The molecule has 29 heavy (non-hydrogen) atoms. The first-order valence-electron chi connectivity index (χ1n) is 9.23. The summed E-state index contributed by atoms with van der Waals surface area (Å²) in [4.78, 5) is 38.0. The van der Waals surface area contributed by atoms with Crippen LogP contribution in [0, 0.1) is 0 Å². The molecule has 2 aromatic rings. The first-order valence-corrected chi connectivity index (χ1v) is 10.1. The highest BCUT2D eigenvalue weighted by Crippen LogP contribution is 2.51. The Balaban J connectivity index is 1.73. The van der Waals surface area contributed by atoms with Crippen molar-refractivity contribution in [1.29, 1.82) is 0 Å². The number of hydrogen-bond acceptors (Lipinski definition) is 7. The predicted octanol–water partition coefficient (Wildman–Crippen LogP) is 1.64. The fraction of sp³-hybridized carbons (Fsp3) is 0.421. The third kappa shape index (κ3) is 3.17. The van der Waals surface area contributed by atoms with E-state index in [4.69, 9.17) is 4.74 Å². The van der Waals surface area contributed by atoms with E-state index in [0.717, 1.165) is 0 Å². The number of carboxylic acids is 1. The maximum absolute atomic E-state index is 12.7. The Morgan fingerprint density at radius 1 is 1.34 bits per heavy atom. The van der Waals surface area contributed by atoms with Gasteiger partial charge in [0.2, 0.25) is 5.91 Å². The molecular formula is C19H20N4O5S. The van der Waals surface area contributed by atoms with Gasteiger partial charge >= 0.3 is 11.9 Å². The maximum atomic E-state index is 12.7. The molecule has 0 unspecified atom stereocenters. The summed E-state index contributed by atoms with van der Waals surface area (Å²) in [6, 6.07) is 8.13. The van der Waals surface area contributed by atoms with Crippen LogP contribution in [0.1, 0.15) is 30.8 Å². The average molecular weight is 416 g/mol. The molecule has 0 saturated carbocycles. The van der Waals surface area contributed by atoms with Crippen LogP contribution in [0.2, 0.25) is 0 Å².